The summed E-state index contributed by atoms with van der Waals surface area (Å²) in [6.45, 7) is 5.29. The zero-order valence-electron chi connectivity index (χ0n) is 22.6. The summed E-state index contributed by atoms with van der Waals surface area (Å²) < 4.78 is 49.5. The lowest BCUT2D eigenvalue weighted by molar-refractivity contribution is 0.0256. The molecule has 0 spiro atoms. The molecule has 3 aromatic rings. The van der Waals surface area contributed by atoms with Crippen molar-refractivity contribution in [1.29, 1.82) is 0 Å². The summed E-state index contributed by atoms with van der Waals surface area (Å²) in [5.74, 6) is -1.97. The van der Waals surface area contributed by atoms with Gasteiger partial charge in [-0.05, 0) is 44.4 Å². The van der Waals surface area contributed by atoms with Crippen LogP contribution in [0.1, 0.15) is 52.6 Å². The highest BCUT2D eigenvalue weighted by atomic mass is 19.1. The third-order valence-electron chi connectivity index (χ3n) is 7.63. The van der Waals surface area contributed by atoms with Gasteiger partial charge in [-0.1, -0.05) is 0 Å². The smallest absolute Gasteiger partial charge is 0.341 e. The number of nitrogens with zero attached hydrogens (tertiary/aromatic N) is 7. The molecule has 0 radical (unpaired) electrons. The molecule has 0 saturated carbocycles. The van der Waals surface area contributed by atoms with Crippen LogP contribution in [0.25, 0.3) is 5.82 Å². The van der Waals surface area contributed by atoms with E-state index in [1.807, 2.05) is 4.90 Å². The number of hydrogen-bond donors (Lipinski definition) is 0. The van der Waals surface area contributed by atoms with Crippen LogP contribution in [0.3, 0.4) is 0 Å². The second kappa shape index (κ2) is 10.5. The summed E-state index contributed by atoms with van der Waals surface area (Å²) in [6.07, 6.45) is 4.34. The van der Waals surface area contributed by atoms with Gasteiger partial charge in [0.2, 0.25) is 0 Å². The number of carbonyl (C=O) groups excluding carboxylic acids is 2. The molecule has 3 amide bonds. The third kappa shape index (κ3) is 5.00. The topological polar surface area (TPSA) is 96.2 Å². The Morgan fingerprint density at radius 1 is 0.976 bits per heavy atom. The minimum absolute atomic E-state index is 0.0561. The van der Waals surface area contributed by atoms with Crippen LogP contribution < -0.4 is 4.74 Å². The van der Waals surface area contributed by atoms with Crippen LogP contribution in [0.5, 0.6) is 5.75 Å². The van der Waals surface area contributed by atoms with Gasteiger partial charge in [0.25, 0.3) is 5.91 Å². The van der Waals surface area contributed by atoms with E-state index in [1.165, 1.54) is 39.0 Å². The number of benzene rings is 1. The number of urea groups is 1. The average Bonchev–Trinajstić information content (AvgIpc) is 3.67. The number of rotatable bonds is 5. The molecule has 10 nitrogen and oxygen atoms in total. The van der Waals surface area contributed by atoms with E-state index < -0.39 is 35.6 Å². The van der Waals surface area contributed by atoms with Gasteiger partial charge in [0.1, 0.15) is 17.7 Å². The lowest BCUT2D eigenvalue weighted by Gasteiger charge is -2.41. The van der Waals surface area contributed by atoms with Gasteiger partial charge < -0.3 is 14.5 Å². The normalized spacial score (nSPS) is 18.8. The molecule has 3 aliphatic rings. The predicted molar refractivity (Wildman–Crippen MR) is 141 cm³/mol. The molecule has 1 unspecified atom stereocenters. The summed E-state index contributed by atoms with van der Waals surface area (Å²) in [7, 11) is 0. The van der Waals surface area contributed by atoms with Crippen LogP contribution in [0.15, 0.2) is 35.6 Å². The van der Waals surface area contributed by atoms with E-state index in [2.05, 4.69) is 15.2 Å². The Balaban J connectivity index is 1.13. The van der Waals surface area contributed by atoms with Gasteiger partial charge in [-0.15, -0.1) is 0 Å². The minimum Gasteiger partial charge on any atom is -0.483 e. The maximum Gasteiger partial charge on any atom is 0.341 e. The first kappa shape index (κ1) is 26.8. The largest absolute Gasteiger partial charge is 0.483 e. The number of pyridine rings is 1. The molecule has 3 aliphatic heterocycles. The standard InChI is InChI=1S/C28H28F3N7O3/c1-16-26(27(39)35-7-3-4-8-35)17(2)37(34-16)25-12-24(22(31)13-32-25)41-21-14-36(15-21)28(40)38-23(5-6-33-38)18-9-19(29)11-20(30)10-18/h6,9-13,21,23H,3-5,7-8,14-15H2,1-2H3. The number of ether oxygens (including phenoxy) is 1. The highest BCUT2D eigenvalue weighted by Gasteiger charge is 2.39. The molecule has 13 heteroatoms. The van der Waals surface area contributed by atoms with Crippen molar-refractivity contribution in [2.75, 3.05) is 26.2 Å². The zero-order chi connectivity index (χ0) is 28.8. The molecular formula is C28H28F3N7O3. The predicted octanol–water partition coefficient (Wildman–Crippen LogP) is 4.15. The van der Waals surface area contributed by atoms with Crippen molar-refractivity contribution in [3.05, 3.63) is 70.4 Å². The van der Waals surface area contributed by atoms with Crippen molar-refractivity contribution >= 4 is 18.2 Å². The van der Waals surface area contributed by atoms with Gasteiger partial charge in [0, 0.05) is 37.9 Å². The van der Waals surface area contributed by atoms with Crippen LogP contribution >= 0.6 is 0 Å². The van der Waals surface area contributed by atoms with Crippen molar-refractivity contribution in [3.8, 4) is 11.6 Å². The zero-order valence-corrected chi connectivity index (χ0v) is 22.6. The lowest BCUT2D eigenvalue weighted by atomic mass is 10.0. The monoisotopic (exact) mass is 567 g/mol. The van der Waals surface area contributed by atoms with Crippen molar-refractivity contribution in [1.82, 2.24) is 29.6 Å². The molecule has 214 valence electrons. The van der Waals surface area contributed by atoms with E-state index in [4.69, 9.17) is 4.74 Å². The van der Waals surface area contributed by atoms with Crippen molar-refractivity contribution in [2.45, 2.75) is 45.3 Å². The van der Waals surface area contributed by atoms with E-state index in [-0.39, 0.29) is 24.7 Å². The second-order valence-electron chi connectivity index (χ2n) is 10.5. The summed E-state index contributed by atoms with van der Waals surface area (Å²) in [4.78, 5) is 33.6. The molecule has 1 atom stereocenters. The summed E-state index contributed by atoms with van der Waals surface area (Å²) in [6, 6.07) is 3.49. The highest BCUT2D eigenvalue weighted by molar-refractivity contribution is 5.96. The van der Waals surface area contributed by atoms with Gasteiger partial charge in [-0.25, -0.2) is 32.6 Å². The SMILES string of the molecule is Cc1nn(-c2cc(OC3CN(C(=O)N4N=CCC4c4cc(F)cc(F)c4)C3)c(F)cn2)c(C)c1C(=O)N1CCCC1. The average molecular weight is 568 g/mol. The number of carbonyl (C=O) groups is 2. The Morgan fingerprint density at radius 3 is 2.39 bits per heavy atom. The fraction of sp³-hybridized carbons (Fsp3) is 0.393. The number of aromatic nitrogens is 3. The van der Waals surface area contributed by atoms with Gasteiger partial charge in [0.15, 0.2) is 17.4 Å². The number of halogens is 3. The van der Waals surface area contributed by atoms with Crippen LogP contribution in [-0.2, 0) is 0 Å². The van der Waals surface area contributed by atoms with Crippen LogP contribution in [0, 0.1) is 31.3 Å². The molecule has 1 aromatic carbocycles. The van der Waals surface area contributed by atoms with E-state index in [0.29, 0.717) is 47.8 Å². The molecule has 2 aromatic heterocycles. The van der Waals surface area contributed by atoms with Crippen LogP contribution in [0.4, 0.5) is 18.0 Å². The van der Waals surface area contributed by atoms with Gasteiger partial charge in [-0.2, -0.15) is 10.2 Å². The molecule has 2 saturated heterocycles. The van der Waals surface area contributed by atoms with Crippen LogP contribution in [-0.4, -0.2) is 80.0 Å². The first-order valence-electron chi connectivity index (χ1n) is 13.4. The maximum absolute atomic E-state index is 14.7. The fourth-order valence-corrected chi connectivity index (χ4v) is 5.51. The number of amides is 3. The Morgan fingerprint density at radius 2 is 1.68 bits per heavy atom. The fourth-order valence-electron chi connectivity index (χ4n) is 5.51. The number of likely N-dealkylation sites (tertiary alicyclic amines) is 2. The van der Waals surface area contributed by atoms with E-state index in [0.717, 1.165) is 25.1 Å². The lowest BCUT2D eigenvalue weighted by Crippen LogP contribution is -2.58. The molecule has 5 heterocycles. The Hall–Kier alpha value is -4.42. The number of hydrazone groups is 1. The van der Waals surface area contributed by atoms with Crippen LogP contribution in [0.2, 0.25) is 0 Å². The Labute approximate surface area is 234 Å². The highest BCUT2D eigenvalue weighted by Crippen LogP contribution is 2.32. The molecule has 41 heavy (non-hydrogen) atoms. The van der Waals surface area contributed by atoms with E-state index >= 15 is 0 Å². The van der Waals surface area contributed by atoms with Gasteiger partial charge >= 0.3 is 6.03 Å². The third-order valence-corrected chi connectivity index (χ3v) is 7.63. The summed E-state index contributed by atoms with van der Waals surface area (Å²) in [5, 5.41) is 9.79. The summed E-state index contributed by atoms with van der Waals surface area (Å²) in [5.41, 5.74) is 1.98. The van der Waals surface area contributed by atoms with Crippen molar-refractivity contribution in [3.63, 3.8) is 0 Å². The number of aryl methyl sites for hydroxylation is 1. The molecule has 0 N–H and O–H groups in total. The first-order chi connectivity index (χ1) is 19.7. The molecule has 0 bridgehead atoms. The van der Waals surface area contributed by atoms with Gasteiger partial charge in [-0.3, -0.25) is 4.79 Å². The minimum atomic E-state index is -0.731. The molecule has 2 fully saturated rings. The Kier molecular flexibility index (Phi) is 6.88. The maximum atomic E-state index is 14.7. The number of hydrogen-bond acceptors (Lipinski definition) is 6. The molecule has 6 rings (SSSR count). The van der Waals surface area contributed by atoms with Crippen molar-refractivity contribution in [2.24, 2.45) is 5.10 Å². The van der Waals surface area contributed by atoms with E-state index in [9.17, 15) is 22.8 Å². The quantitative estimate of drug-likeness (QED) is 0.462. The van der Waals surface area contributed by atoms with Gasteiger partial charge in [0.05, 0.1) is 42.3 Å². The Bertz CT molecular complexity index is 1530. The molecule has 0 aliphatic carbocycles. The summed E-state index contributed by atoms with van der Waals surface area (Å²) >= 11 is 0. The molecular weight excluding hydrogens is 539 g/mol. The van der Waals surface area contributed by atoms with E-state index in [1.54, 1.807) is 13.8 Å². The second-order valence-corrected chi connectivity index (χ2v) is 10.5. The van der Waals surface area contributed by atoms with Crippen molar-refractivity contribution < 1.29 is 27.5 Å². The first-order valence-corrected chi connectivity index (χ1v) is 13.4.